The van der Waals surface area contributed by atoms with Crippen molar-refractivity contribution < 1.29 is 0 Å². The third kappa shape index (κ3) is 3.23. The highest BCUT2D eigenvalue weighted by molar-refractivity contribution is 9.09. The molecule has 84 valence electrons. The number of halogens is 1. The normalized spacial score (nSPS) is 24.4. The zero-order valence-corrected chi connectivity index (χ0v) is 11.2. The summed E-state index contributed by atoms with van der Waals surface area (Å²) >= 11 is 3.58. The lowest BCUT2D eigenvalue weighted by atomic mass is 9.96. The van der Waals surface area contributed by atoms with Crippen LogP contribution >= 0.6 is 15.9 Å². The van der Waals surface area contributed by atoms with Crippen molar-refractivity contribution in [1.29, 1.82) is 0 Å². The molecule has 1 aliphatic rings. The molecule has 0 N–H and O–H groups in total. The van der Waals surface area contributed by atoms with E-state index in [0.717, 1.165) is 17.4 Å². The highest BCUT2D eigenvalue weighted by Gasteiger charge is 2.26. The molecule has 1 aliphatic heterocycles. The largest absolute Gasteiger partial charge is 0.297 e. The number of rotatable bonds is 5. The van der Waals surface area contributed by atoms with Crippen LogP contribution in [0.5, 0.6) is 0 Å². The van der Waals surface area contributed by atoms with Gasteiger partial charge >= 0.3 is 0 Å². The Morgan fingerprint density at radius 3 is 2.57 bits per heavy atom. The van der Waals surface area contributed by atoms with Gasteiger partial charge in [0.1, 0.15) is 0 Å². The molecule has 0 radical (unpaired) electrons. The van der Waals surface area contributed by atoms with Gasteiger partial charge in [-0.25, -0.2) is 0 Å². The molecule has 14 heavy (non-hydrogen) atoms. The maximum absolute atomic E-state index is 3.58. The maximum Gasteiger partial charge on any atom is 0.0106 e. The Kier molecular flexibility index (Phi) is 6.11. The fourth-order valence-electron chi connectivity index (χ4n) is 2.70. The van der Waals surface area contributed by atoms with E-state index in [1.807, 2.05) is 0 Å². The zero-order valence-electron chi connectivity index (χ0n) is 9.64. The lowest BCUT2D eigenvalue weighted by Crippen LogP contribution is -2.46. The quantitative estimate of drug-likeness (QED) is 0.681. The molecule has 0 aromatic carbocycles. The van der Waals surface area contributed by atoms with Crippen LogP contribution in [0.2, 0.25) is 0 Å². The minimum atomic E-state index is 0.833. The Labute approximate surface area is 97.4 Å². The van der Waals surface area contributed by atoms with Crippen LogP contribution in [0, 0.1) is 0 Å². The number of piperidine rings is 1. The SMILES string of the molecule is CCC(CC)N1CCCCC1CCBr. The van der Waals surface area contributed by atoms with Gasteiger partial charge in [-0.15, -0.1) is 0 Å². The lowest BCUT2D eigenvalue weighted by Gasteiger charge is -2.40. The summed E-state index contributed by atoms with van der Waals surface area (Å²) in [5.74, 6) is 0. The maximum atomic E-state index is 3.58. The van der Waals surface area contributed by atoms with Gasteiger partial charge in [-0.2, -0.15) is 0 Å². The van der Waals surface area contributed by atoms with Crippen molar-refractivity contribution >= 4 is 15.9 Å². The third-order valence-corrected chi connectivity index (χ3v) is 3.98. The Morgan fingerprint density at radius 2 is 2.00 bits per heavy atom. The Morgan fingerprint density at radius 1 is 1.29 bits per heavy atom. The van der Waals surface area contributed by atoms with E-state index in [0.29, 0.717) is 0 Å². The van der Waals surface area contributed by atoms with E-state index in [9.17, 15) is 0 Å². The van der Waals surface area contributed by atoms with E-state index in [-0.39, 0.29) is 0 Å². The van der Waals surface area contributed by atoms with Gasteiger partial charge in [0, 0.05) is 17.4 Å². The molecule has 1 rings (SSSR count). The monoisotopic (exact) mass is 261 g/mol. The Hall–Kier alpha value is 0.440. The fourth-order valence-corrected chi connectivity index (χ4v) is 3.23. The summed E-state index contributed by atoms with van der Waals surface area (Å²) in [6.07, 6.45) is 8.23. The Balaban J connectivity index is 2.51. The second-order valence-corrected chi connectivity index (χ2v) is 5.13. The highest BCUT2D eigenvalue weighted by Crippen LogP contribution is 2.24. The van der Waals surface area contributed by atoms with Crippen LogP contribution < -0.4 is 0 Å². The molecule has 0 saturated carbocycles. The number of nitrogens with zero attached hydrogens (tertiary/aromatic N) is 1. The van der Waals surface area contributed by atoms with E-state index >= 15 is 0 Å². The van der Waals surface area contributed by atoms with Crippen molar-refractivity contribution in [1.82, 2.24) is 4.90 Å². The highest BCUT2D eigenvalue weighted by atomic mass is 79.9. The van der Waals surface area contributed by atoms with Crippen molar-refractivity contribution in [2.45, 2.75) is 64.5 Å². The minimum Gasteiger partial charge on any atom is -0.297 e. The molecule has 0 aromatic rings. The first kappa shape index (κ1) is 12.5. The molecule has 0 aromatic heterocycles. The molecule has 1 nitrogen and oxygen atoms in total. The van der Waals surface area contributed by atoms with Crippen LogP contribution in [0.3, 0.4) is 0 Å². The molecule has 2 heteroatoms. The molecule has 1 fully saturated rings. The fraction of sp³-hybridized carbons (Fsp3) is 1.00. The molecule has 1 heterocycles. The summed E-state index contributed by atoms with van der Waals surface area (Å²) in [6, 6.07) is 1.69. The predicted molar refractivity (Wildman–Crippen MR) is 67.1 cm³/mol. The van der Waals surface area contributed by atoms with Gasteiger partial charge in [0.2, 0.25) is 0 Å². The summed E-state index contributed by atoms with van der Waals surface area (Å²) in [6.45, 7) is 5.99. The summed E-state index contributed by atoms with van der Waals surface area (Å²) in [5.41, 5.74) is 0. The molecule has 1 atom stereocenters. The van der Waals surface area contributed by atoms with Crippen LogP contribution in [0.15, 0.2) is 0 Å². The number of alkyl halides is 1. The van der Waals surface area contributed by atoms with Crippen LogP contribution in [0.1, 0.15) is 52.4 Å². The average molecular weight is 262 g/mol. The third-order valence-electron chi connectivity index (χ3n) is 3.53. The molecular formula is C12H24BrN. The van der Waals surface area contributed by atoms with Crippen LogP contribution in [-0.2, 0) is 0 Å². The van der Waals surface area contributed by atoms with E-state index < -0.39 is 0 Å². The molecule has 0 amide bonds. The first-order valence-corrected chi connectivity index (χ1v) is 7.27. The van der Waals surface area contributed by atoms with Gasteiger partial charge in [-0.3, -0.25) is 4.90 Å². The minimum absolute atomic E-state index is 0.833. The molecule has 0 bridgehead atoms. The molecular weight excluding hydrogens is 238 g/mol. The van der Waals surface area contributed by atoms with Crippen molar-refractivity contribution in [2.24, 2.45) is 0 Å². The van der Waals surface area contributed by atoms with Crippen molar-refractivity contribution in [3.63, 3.8) is 0 Å². The molecule has 0 spiro atoms. The lowest BCUT2D eigenvalue weighted by molar-refractivity contribution is 0.0875. The number of hydrogen-bond donors (Lipinski definition) is 0. The van der Waals surface area contributed by atoms with E-state index in [1.165, 1.54) is 45.1 Å². The Bertz CT molecular complexity index is 143. The van der Waals surface area contributed by atoms with E-state index in [4.69, 9.17) is 0 Å². The topological polar surface area (TPSA) is 3.24 Å². The van der Waals surface area contributed by atoms with Gasteiger partial charge in [0.05, 0.1) is 0 Å². The second-order valence-electron chi connectivity index (χ2n) is 4.34. The van der Waals surface area contributed by atoms with Crippen molar-refractivity contribution in [3.8, 4) is 0 Å². The second kappa shape index (κ2) is 6.84. The van der Waals surface area contributed by atoms with E-state index in [1.54, 1.807) is 0 Å². The summed E-state index contributed by atoms with van der Waals surface area (Å²) in [4.78, 5) is 2.77. The van der Waals surface area contributed by atoms with Gasteiger partial charge in [0.15, 0.2) is 0 Å². The predicted octanol–water partition coefficient (Wildman–Crippen LogP) is 3.81. The van der Waals surface area contributed by atoms with E-state index in [2.05, 4.69) is 34.7 Å². The summed E-state index contributed by atoms with van der Waals surface area (Å²) in [5, 5.41) is 1.16. The van der Waals surface area contributed by atoms with Crippen molar-refractivity contribution in [2.75, 3.05) is 11.9 Å². The number of hydrogen-bond acceptors (Lipinski definition) is 1. The molecule has 0 aliphatic carbocycles. The van der Waals surface area contributed by atoms with Gasteiger partial charge in [-0.1, -0.05) is 36.2 Å². The van der Waals surface area contributed by atoms with Gasteiger partial charge in [0.25, 0.3) is 0 Å². The summed E-state index contributed by atoms with van der Waals surface area (Å²) < 4.78 is 0. The first-order chi connectivity index (χ1) is 6.83. The molecule has 1 unspecified atom stereocenters. The van der Waals surface area contributed by atoms with Gasteiger partial charge in [-0.05, 0) is 38.6 Å². The van der Waals surface area contributed by atoms with Crippen molar-refractivity contribution in [3.05, 3.63) is 0 Å². The number of likely N-dealkylation sites (tertiary alicyclic amines) is 1. The van der Waals surface area contributed by atoms with Crippen LogP contribution in [0.25, 0.3) is 0 Å². The summed E-state index contributed by atoms with van der Waals surface area (Å²) in [7, 11) is 0. The zero-order chi connectivity index (χ0) is 10.4. The smallest absolute Gasteiger partial charge is 0.0106 e. The average Bonchev–Trinajstić information content (AvgIpc) is 2.23. The molecule has 1 saturated heterocycles. The van der Waals surface area contributed by atoms with Crippen LogP contribution in [0.4, 0.5) is 0 Å². The first-order valence-electron chi connectivity index (χ1n) is 6.15. The van der Waals surface area contributed by atoms with Gasteiger partial charge < -0.3 is 0 Å². The standard InChI is InChI=1S/C12H24BrN/c1-3-11(4-2)14-10-6-5-7-12(14)8-9-13/h11-12H,3-10H2,1-2H3. The van der Waals surface area contributed by atoms with Crippen LogP contribution in [-0.4, -0.2) is 28.9 Å².